The summed E-state index contributed by atoms with van der Waals surface area (Å²) in [5.41, 5.74) is 5.75. The average molecular weight is 217 g/mol. The lowest BCUT2D eigenvalue weighted by Gasteiger charge is -2.06. The van der Waals surface area contributed by atoms with Crippen LogP contribution in [-0.4, -0.2) is 27.6 Å². The maximum atomic E-state index is 10.2. The molecule has 0 unspecified atom stereocenters. The van der Waals surface area contributed by atoms with Crippen LogP contribution in [0.2, 0.25) is 5.15 Å². The first-order valence-corrected chi connectivity index (χ1v) is 4.20. The van der Waals surface area contributed by atoms with Gasteiger partial charge >= 0.3 is 5.97 Å². The third kappa shape index (κ3) is 2.74. The summed E-state index contributed by atoms with van der Waals surface area (Å²) in [7, 11) is 0. The minimum absolute atomic E-state index is 0.0128. The van der Waals surface area contributed by atoms with Crippen LogP contribution in [0.25, 0.3) is 0 Å². The number of anilines is 2. The maximum Gasteiger partial charge on any atom is 0.305 e. The van der Waals surface area contributed by atoms with Crippen LogP contribution in [0.1, 0.15) is 6.42 Å². The van der Waals surface area contributed by atoms with Crippen LogP contribution in [0.4, 0.5) is 11.5 Å². The Morgan fingerprint density at radius 3 is 3.00 bits per heavy atom. The van der Waals surface area contributed by atoms with Crippen molar-refractivity contribution < 1.29 is 9.90 Å². The summed E-state index contributed by atoms with van der Waals surface area (Å²) in [6.45, 7) is 0.243. The lowest BCUT2D eigenvalue weighted by Crippen LogP contribution is -2.10. The average Bonchev–Trinajstić information content (AvgIpc) is 2.12. The van der Waals surface area contributed by atoms with Gasteiger partial charge in [0.1, 0.15) is 12.0 Å². The standard InChI is InChI=1S/C7H9ClN4O2/c8-6-5(9)7(12-3-11-6)10-2-1-4(13)14/h3H,1-2,9H2,(H,13,14)(H,10,11,12). The minimum atomic E-state index is -0.892. The molecular formula is C7H9ClN4O2. The summed E-state index contributed by atoms with van der Waals surface area (Å²) >= 11 is 5.62. The number of carbonyl (C=O) groups is 1. The fourth-order valence-corrected chi connectivity index (χ4v) is 0.936. The first kappa shape index (κ1) is 10.5. The normalized spacial score (nSPS) is 9.79. The van der Waals surface area contributed by atoms with Crippen LogP contribution in [0.15, 0.2) is 6.33 Å². The summed E-state index contributed by atoms with van der Waals surface area (Å²) < 4.78 is 0. The first-order valence-electron chi connectivity index (χ1n) is 3.83. The molecule has 7 heteroatoms. The number of nitrogens with two attached hydrogens (primary N) is 1. The number of nitrogen functional groups attached to an aromatic ring is 1. The zero-order chi connectivity index (χ0) is 10.6. The molecule has 0 aliphatic carbocycles. The highest BCUT2D eigenvalue weighted by molar-refractivity contribution is 6.32. The molecule has 1 aromatic heterocycles. The molecule has 1 rings (SSSR count). The van der Waals surface area contributed by atoms with Gasteiger partial charge in [0.05, 0.1) is 6.42 Å². The van der Waals surface area contributed by atoms with Crippen LogP contribution < -0.4 is 11.1 Å². The van der Waals surface area contributed by atoms with E-state index in [1.54, 1.807) is 0 Å². The highest BCUT2D eigenvalue weighted by atomic mass is 35.5. The zero-order valence-electron chi connectivity index (χ0n) is 7.20. The van der Waals surface area contributed by atoms with E-state index >= 15 is 0 Å². The molecule has 14 heavy (non-hydrogen) atoms. The Balaban J connectivity index is 2.59. The fraction of sp³-hybridized carbons (Fsp3) is 0.286. The van der Waals surface area contributed by atoms with Crippen molar-refractivity contribution in [2.45, 2.75) is 6.42 Å². The van der Waals surface area contributed by atoms with Crippen molar-refractivity contribution in [2.24, 2.45) is 0 Å². The fourth-order valence-electron chi connectivity index (χ4n) is 0.803. The first-order chi connectivity index (χ1) is 6.61. The molecule has 1 aromatic rings. The summed E-state index contributed by atoms with van der Waals surface area (Å²) in [6, 6.07) is 0. The van der Waals surface area contributed by atoms with Crippen molar-refractivity contribution in [2.75, 3.05) is 17.6 Å². The molecule has 0 spiro atoms. The number of hydrogen-bond acceptors (Lipinski definition) is 5. The molecule has 0 saturated heterocycles. The molecule has 0 radical (unpaired) electrons. The van der Waals surface area contributed by atoms with Gasteiger partial charge in [0, 0.05) is 6.54 Å². The molecule has 0 saturated carbocycles. The number of aromatic nitrogens is 2. The van der Waals surface area contributed by atoms with Gasteiger partial charge in [-0.2, -0.15) is 0 Å². The molecular weight excluding hydrogens is 208 g/mol. The molecule has 1 heterocycles. The van der Waals surface area contributed by atoms with Gasteiger partial charge < -0.3 is 16.2 Å². The third-order valence-electron chi connectivity index (χ3n) is 1.47. The number of hydrogen-bond donors (Lipinski definition) is 3. The van der Waals surface area contributed by atoms with Crippen molar-refractivity contribution in [3.8, 4) is 0 Å². The van der Waals surface area contributed by atoms with Gasteiger partial charge in [0.15, 0.2) is 11.0 Å². The lowest BCUT2D eigenvalue weighted by molar-refractivity contribution is -0.136. The van der Waals surface area contributed by atoms with Gasteiger partial charge in [0.2, 0.25) is 0 Å². The second kappa shape index (κ2) is 4.61. The smallest absolute Gasteiger partial charge is 0.305 e. The Bertz CT molecular complexity index is 344. The second-order valence-corrected chi connectivity index (χ2v) is 2.86. The predicted molar refractivity (Wildman–Crippen MR) is 52.2 cm³/mol. The lowest BCUT2D eigenvalue weighted by atomic mass is 10.4. The van der Waals surface area contributed by atoms with Crippen LogP contribution in [0, 0.1) is 0 Å². The van der Waals surface area contributed by atoms with E-state index in [4.69, 9.17) is 22.4 Å². The minimum Gasteiger partial charge on any atom is -0.481 e. The quantitative estimate of drug-likeness (QED) is 0.637. The summed E-state index contributed by atoms with van der Waals surface area (Å²) in [4.78, 5) is 17.7. The van der Waals surface area contributed by atoms with Crippen LogP contribution in [-0.2, 0) is 4.79 Å². The number of halogens is 1. The van der Waals surface area contributed by atoms with Gasteiger partial charge in [-0.25, -0.2) is 9.97 Å². The Morgan fingerprint density at radius 1 is 1.64 bits per heavy atom. The van der Waals surface area contributed by atoms with Crippen molar-refractivity contribution in [3.63, 3.8) is 0 Å². The molecule has 6 nitrogen and oxygen atoms in total. The Morgan fingerprint density at radius 2 is 2.36 bits per heavy atom. The monoisotopic (exact) mass is 216 g/mol. The van der Waals surface area contributed by atoms with Crippen LogP contribution in [0.5, 0.6) is 0 Å². The highest BCUT2D eigenvalue weighted by Gasteiger charge is 2.05. The van der Waals surface area contributed by atoms with E-state index in [-0.39, 0.29) is 23.8 Å². The summed E-state index contributed by atoms with van der Waals surface area (Å²) in [5.74, 6) is -0.539. The molecule has 0 aromatic carbocycles. The van der Waals surface area contributed by atoms with E-state index in [9.17, 15) is 4.79 Å². The topological polar surface area (TPSA) is 101 Å². The van der Waals surface area contributed by atoms with Gasteiger partial charge in [-0.05, 0) is 0 Å². The van der Waals surface area contributed by atoms with E-state index in [0.717, 1.165) is 0 Å². The second-order valence-electron chi connectivity index (χ2n) is 2.50. The van der Waals surface area contributed by atoms with Crippen LogP contribution in [0.3, 0.4) is 0 Å². The number of nitrogens with one attached hydrogen (secondary N) is 1. The molecule has 0 aliphatic heterocycles. The Kier molecular flexibility index (Phi) is 3.47. The molecule has 0 amide bonds. The highest BCUT2D eigenvalue weighted by Crippen LogP contribution is 2.21. The van der Waals surface area contributed by atoms with Gasteiger partial charge in [-0.15, -0.1) is 0 Å². The van der Waals surface area contributed by atoms with E-state index in [0.29, 0.717) is 5.82 Å². The predicted octanol–water partition coefficient (Wildman–Crippen LogP) is 0.599. The van der Waals surface area contributed by atoms with Gasteiger partial charge in [0.25, 0.3) is 0 Å². The molecule has 0 atom stereocenters. The van der Waals surface area contributed by atoms with Crippen molar-refractivity contribution in [1.29, 1.82) is 0 Å². The number of carboxylic acid groups (broad SMARTS) is 1. The van der Waals surface area contributed by atoms with Gasteiger partial charge in [-0.1, -0.05) is 11.6 Å². The van der Waals surface area contributed by atoms with Gasteiger partial charge in [-0.3, -0.25) is 4.79 Å². The molecule has 4 N–H and O–H groups in total. The van der Waals surface area contributed by atoms with E-state index in [1.807, 2.05) is 0 Å². The van der Waals surface area contributed by atoms with Crippen molar-refractivity contribution in [1.82, 2.24) is 9.97 Å². The van der Waals surface area contributed by atoms with Crippen LogP contribution >= 0.6 is 11.6 Å². The third-order valence-corrected chi connectivity index (χ3v) is 1.77. The summed E-state index contributed by atoms with van der Waals surface area (Å²) in [5, 5.41) is 11.3. The number of aliphatic carboxylic acids is 1. The molecule has 0 aliphatic rings. The molecule has 0 bridgehead atoms. The molecule has 0 fully saturated rings. The zero-order valence-corrected chi connectivity index (χ0v) is 7.95. The molecule has 76 valence electrons. The number of carboxylic acids is 1. The van der Waals surface area contributed by atoms with E-state index in [1.165, 1.54) is 6.33 Å². The maximum absolute atomic E-state index is 10.2. The van der Waals surface area contributed by atoms with Crippen molar-refractivity contribution >= 4 is 29.1 Å². The SMILES string of the molecule is Nc1c(Cl)ncnc1NCCC(=O)O. The number of nitrogens with zero attached hydrogens (tertiary/aromatic N) is 2. The van der Waals surface area contributed by atoms with Crippen molar-refractivity contribution in [3.05, 3.63) is 11.5 Å². The largest absolute Gasteiger partial charge is 0.481 e. The Labute approximate surface area is 85.1 Å². The number of rotatable bonds is 4. The van der Waals surface area contributed by atoms with E-state index in [2.05, 4.69) is 15.3 Å². The summed E-state index contributed by atoms with van der Waals surface area (Å²) in [6.07, 6.45) is 1.24. The van der Waals surface area contributed by atoms with E-state index < -0.39 is 5.97 Å². The Hall–Kier alpha value is -1.56.